The molecule has 1 aromatic carbocycles. The number of hydrogen-bond donors (Lipinski definition) is 2. The molecule has 0 spiro atoms. The monoisotopic (exact) mass is 236 g/mol. The Bertz CT molecular complexity index is 429. The van der Waals surface area contributed by atoms with E-state index in [9.17, 15) is 9.18 Å². The van der Waals surface area contributed by atoms with Crippen molar-refractivity contribution in [3.05, 3.63) is 29.6 Å². The zero-order valence-corrected chi connectivity index (χ0v) is 9.87. The van der Waals surface area contributed by atoms with Crippen molar-refractivity contribution in [2.24, 2.45) is 5.92 Å². The number of nitrogens with one attached hydrogen (secondary N) is 1. The first-order valence-corrected chi connectivity index (χ1v) is 5.94. The van der Waals surface area contributed by atoms with Gasteiger partial charge in [0.15, 0.2) is 0 Å². The van der Waals surface area contributed by atoms with E-state index in [2.05, 4.69) is 5.32 Å². The third-order valence-corrected chi connectivity index (χ3v) is 3.48. The van der Waals surface area contributed by atoms with Crippen LogP contribution in [-0.2, 0) is 0 Å². The molecule has 1 aliphatic carbocycles. The number of benzene rings is 1. The van der Waals surface area contributed by atoms with Gasteiger partial charge in [-0.2, -0.15) is 0 Å². The fourth-order valence-corrected chi connectivity index (χ4v) is 2.02. The molecule has 1 aromatic rings. The number of amides is 1. The summed E-state index contributed by atoms with van der Waals surface area (Å²) in [5.41, 5.74) is 5.75. The van der Waals surface area contributed by atoms with Gasteiger partial charge in [0.05, 0.1) is 5.69 Å². The molecule has 0 saturated heterocycles. The average molecular weight is 236 g/mol. The first kappa shape index (κ1) is 11.9. The van der Waals surface area contributed by atoms with Crippen molar-refractivity contribution in [1.29, 1.82) is 0 Å². The summed E-state index contributed by atoms with van der Waals surface area (Å²) in [5.74, 6) is -0.213. The lowest BCUT2D eigenvalue weighted by Gasteiger charge is -2.31. The van der Waals surface area contributed by atoms with E-state index in [1.54, 1.807) is 6.07 Å². The van der Waals surface area contributed by atoms with E-state index in [1.165, 1.54) is 18.6 Å². The quantitative estimate of drug-likeness (QED) is 0.791. The molecule has 1 amide bonds. The van der Waals surface area contributed by atoms with Crippen molar-refractivity contribution in [2.45, 2.75) is 32.2 Å². The van der Waals surface area contributed by atoms with Gasteiger partial charge in [-0.15, -0.1) is 0 Å². The van der Waals surface area contributed by atoms with E-state index < -0.39 is 5.82 Å². The van der Waals surface area contributed by atoms with Crippen LogP contribution in [0, 0.1) is 11.7 Å². The van der Waals surface area contributed by atoms with Gasteiger partial charge in [-0.25, -0.2) is 4.39 Å². The molecule has 0 radical (unpaired) electrons. The van der Waals surface area contributed by atoms with E-state index >= 15 is 0 Å². The molecule has 1 fully saturated rings. The molecule has 2 rings (SSSR count). The molecule has 1 saturated carbocycles. The van der Waals surface area contributed by atoms with Crippen LogP contribution in [0.5, 0.6) is 0 Å². The molecular weight excluding hydrogens is 219 g/mol. The fraction of sp³-hybridized carbons (Fsp3) is 0.462. The van der Waals surface area contributed by atoms with Crippen LogP contribution in [-0.4, -0.2) is 11.9 Å². The zero-order chi connectivity index (χ0) is 12.4. The van der Waals surface area contributed by atoms with Crippen molar-refractivity contribution in [3.63, 3.8) is 0 Å². The normalized spacial score (nSPS) is 17.3. The number of nitrogen functional groups attached to an aromatic ring is 1. The van der Waals surface area contributed by atoms with E-state index in [4.69, 9.17) is 5.73 Å². The minimum atomic E-state index is -0.547. The van der Waals surface area contributed by atoms with Crippen LogP contribution in [0.3, 0.4) is 0 Å². The van der Waals surface area contributed by atoms with Crippen LogP contribution in [0.4, 0.5) is 10.1 Å². The van der Waals surface area contributed by atoms with E-state index in [-0.39, 0.29) is 17.6 Å². The predicted octanol–water partition coefficient (Wildman–Crippen LogP) is 2.33. The SMILES string of the molecule is CC(NC(=O)c1ccc(N)c(F)c1)C1CCC1. The van der Waals surface area contributed by atoms with E-state index in [1.807, 2.05) is 6.92 Å². The zero-order valence-electron chi connectivity index (χ0n) is 9.87. The Morgan fingerprint density at radius 1 is 1.53 bits per heavy atom. The highest BCUT2D eigenvalue weighted by molar-refractivity contribution is 5.94. The Hall–Kier alpha value is -1.58. The second-order valence-electron chi connectivity index (χ2n) is 4.69. The number of rotatable bonds is 3. The largest absolute Gasteiger partial charge is 0.396 e. The second-order valence-corrected chi connectivity index (χ2v) is 4.69. The molecule has 1 unspecified atom stereocenters. The van der Waals surface area contributed by atoms with Crippen LogP contribution in [0.25, 0.3) is 0 Å². The van der Waals surface area contributed by atoms with Gasteiger partial charge < -0.3 is 11.1 Å². The number of anilines is 1. The van der Waals surface area contributed by atoms with Crippen molar-refractivity contribution in [2.75, 3.05) is 5.73 Å². The summed E-state index contributed by atoms with van der Waals surface area (Å²) < 4.78 is 13.2. The average Bonchev–Trinajstić information content (AvgIpc) is 2.19. The number of nitrogens with two attached hydrogens (primary N) is 1. The highest BCUT2D eigenvalue weighted by atomic mass is 19.1. The summed E-state index contributed by atoms with van der Waals surface area (Å²) in [4.78, 5) is 11.8. The molecule has 0 heterocycles. The summed E-state index contributed by atoms with van der Waals surface area (Å²) >= 11 is 0. The lowest BCUT2D eigenvalue weighted by Crippen LogP contribution is -2.40. The Morgan fingerprint density at radius 3 is 2.76 bits per heavy atom. The van der Waals surface area contributed by atoms with Crippen molar-refractivity contribution >= 4 is 11.6 Å². The number of carbonyl (C=O) groups excluding carboxylic acids is 1. The van der Waals surface area contributed by atoms with Gasteiger partial charge in [0.25, 0.3) is 5.91 Å². The summed E-state index contributed by atoms with van der Waals surface area (Å²) in [5, 5.41) is 2.90. The molecule has 17 heavy (non-hydrogen) atoms. The van der Waals surface area contributed by atoms with E-state index in [0.717, 1.165) is 12.8 Å². The Balaban J connectivity index is 2.01. The first-order valence-electron chi connectivity index (χ1n) is 5.94. The Labute approximate surface area is 100 Å². The van der Waals surface area contributed by atoms with Gasteiger partial charge in [-0.1, -0.05) is 6.42 Å². The smallest absolute Gasteiger partial charge is 0.251 e. The predicted molar refractivity (Wildman–Crippen MR) is 65.1 cm³/mol. The van der Waals surface area contributed by atoms with Gasteiger partial charge in [0, 0.05) is 11.6 Å². The summed E-state index contributed by atoms with van der Waals surface area (Å²) in [6, 6.07) is 4.29. The van der Waals surface area contributed by atoms with Gasteiger partial charge in [0.2, 0.25) is 0 Å². The molecule has 4 heteroatoms. The maximum absolute atomic E-state index is 13.2. The molecule has 0 aliphatic heterocycles. The number of hydrogen-bond acceptors (Lipinski definition) is 2. The molecule has 3 nitrogen and oxygen atoms in total. The Kier molecular flexibility index (Phi) is 3.31. The molecule has 92 valence electrons. The van der Waals surface area contributed by atoms with Crippen LogP contribution in [0.1, 0.15) is 36.5 Å². The standard InChI is InChI=1S/C13H17FN2O/c1-8(9-3-2-4-9)16-13(17)10-5-6-12(15)11(14)7-10/h5-9H,2-4,15H2,1H3,(H,16,17). The lowest BCUT2D eigenvalue weighted by molar-refractivity contribution is 0.0909. The summed E-state index contributed by atoms with van der Waals surface area (Å²) in [6.07, 6.45) is 3.57. The summed E-state index contributed by atoms with van der Waals surface area (Å²) in [6.45, 7) is 2.00. The molecule has 1 atom stereocenters. The Morgan fingerprint density at radius 2 is 2.24 bits per heavy atom. The highest BCUT2D eigenvalue weighted by Crippen LogP contribution is 2.29. The summed E-state index contributed by atoms with van der Waals surface area (Å²) in [7, 11) is 0. The van der Waals surface area contributed by atoms with Crippen LogP contribution >= 0.6 is 0 Å². The van der Waals surface area contributed by atoms with Crippen molar-refractivity contribution < 1.29 is 9.18 Å². The third-order valence-electron chi connectivity index (χ3n) is 3.48. The molecule has 3 N–H and O–H groups in total. The highest BCUT2D eigenvalue weighted by Gasteiger charge is 2.25. The molecule has 0 bridgehead atoms. The maximum Gasteiger partial charge on any atom is 0.251 e. The van der Waals surface area contributed by atoms with Crippen LogP contribution in [0.2, 0.25) is 0 Å². The maximum atomic E-state index is 13.2. The minimum absolute atomic E-state index is 0.0635. The number of halogens is 1. The topological polar surface area (TPSA) is 55.1 Å². The van der Waals surface area contributed by atoms with Gasteiger partial charge in [-0.3, -0.25) is 4.79 Å². The second kappa shape index (κ2) is 4.73. The van der Waals surface area contributed by atoms with Crippen molar-refractivity contribution in [3.8, 4) is 0 Å². The van der Waals surface area contributed by atoms with Crippen molar-refractivity contribution in [1.82, 2.24) is 5.32 Å². The minimum Gasteiger partial charge on any atom is -0.396 e. The molecular formula is C13H17FN2O. The lowest BCUT2D eigenvalue weighted by atomic mass is 9.80. The first-order chi connectivity index (χ1) is 8.08. The molecule has 0 aromatic heterocycles. The van der Waals surface area contributed by atoms with Gasteiger partial charge >= 0.3 is 0 Å². The van der Waals surface area contributed by atoms with Gasteiger partial charge in [0.1, 0.15) is 5.82 Å². The molecule has 1 aliphatic rings. The fourth-order valence-electron chi connectivity index (χ4n) is 2.02. The van der Waals surface area contributed by atoms with Crippen LogP contribution in [0.15, 0.2) is 18.2 Å². The van der Waals surface area contributed by atoms with Gasteiger partial charge in [-0.05, 0) is 43.9 Å². The third kappa shape index (κ3) is 2.57. The van der Waals surface area contributed by atoms with E-state index in [0.29, 0.717) is 11.5 Å². The van der Waals surface area contributed by atoms with Crippen LogP contribution < -0.4 is 11.1 Å². The number of carbonyl (C=O) groups is 1.